The summed E-state index contributed by atoms with van der Waals surface area (Å²) in [5, 5.41) is 2.79. The monoisotopic (exact) mass is 374 g/mol. The summed E-state index contributed by atoms with van der Waals surface area (Å²) in [6.07, 6.45) is 0. The largest absolute Gasteiger partial charge is 0.378 e. The molecule has 0 bridgehead atoms. The maximum Gasteiger partial charge on any atom is 0.255 e. The normalized spacial score (nSPS) is 14.9. The number of hydrogen-bond donors (Lipinski definition) is 1. The van der Waals surface area contributed by atoms with Crippen LogP contribution < -0.4 is 10.2 Å². The number of anilines is 2. The van der Waals surface area contributed by atoms with Gasteiger partial charge in [0.15, 0.2) is 9.84 Å². The molecule has 138 valence electrons. The van der Waals surface area contributed by atoms with Crippen molar-refractivity contribution in [2.75, 3.05) is 42.3 Å². The third-order valence-electron chi connectivity index (χ3n) is 4.36. The van der Waals surface area contributed by atoms with E-state index >= 15 is 0 Å². The number of sulfone groups is 1. The van der Waals surface area contributed by atoms with Crippen molar-refractivity contribution in [3.63, 3.8) is 0 Å². The van der Waals surface area contributed by atoms with Crippen LogP contribution in [0.1, 0.15) is 17.3 Å². The molecule has 2 aromatic rings. The standard InChI is InChI=1S/C19H22N2O4S/c1-2-26(23,24)18-9-5-16(6-10-18)20-19(22)15-3-7-17(8-4-15)21-11-13-25-14-12-21/h3-10H,2,11-14H2,1H3,(H,20,22). The molecular formula is C19H22N2O4S. The number of carbonyl (C=O) groups is 1. The van der Waals surface area contributed by atoms with E-state index in [0.29, 0.717) is 24.5 Å². The lowest BCUT2D eigenvalue weighted by atomic mass is 10.1. The number of morpholine rings is 1. The maximum atomic E-state index is 12.4. The van der Waals surface area contributed by atoms with Crippen molar-refractivity contribution < 1.29 is 17.9 Å². The summed E-state index contributed by atoms with van der Waals surface area (Å²) in [5.41, 5.74) is 2.17. The number of benzene rings is 2. The quantitative estimate of drug-likeness (QED) is 0.871. The van der Waals surface area contributed by atoms with Crippen LogP contribution >= 0.6 is 0 Å². The van der Waals surface area contributed by atoms with Gasteiger partial charge in [-0.1, -0.05) is 6.92 Å². The van der Waals surface area contributed by atoms with Crippen LogP contribution in [0.3, 0.4) is 0 Å². The Morgan fingerprint density at radius 1 is 1.04 bits per heavy atom. The van der Waals surface area contributed by atoms with Gasteiger partial charge in [-0.25, -0.2) is 8.42 Å². The molecule has 1 N–H and O–H groups in total. The van der Waals surface area contributed by atoms with E-state index in [-0.39, 0.29) is 16.6 Å². The fourth-order valence-electron chi connectivity index (χ4n) is 2.76. The zero-order valence-electron chi connectivity index (χ0n) is 14.6. The van der Waals surface area contributed by atoms with Gasteiger partial charge in [0.1, 0.15) is 0 Å². The van der Waals surface area contributed by atoms with Crippen molar-refractivity contribution in [1.82, 2.24) is 0 Å². The molecule has 2 aromatic carbocycles. The number of ether oxygens (including phenoxy) is 1. The maximum absolute atomic E-state index is 12.4. The van der Waals surface area contributed by atoms with E-state index in [1.165, 1.54) is 12.1 Å². The highest BCUT2D eigenvalue weighted by Crippen LogP contribution is 2.19. The van der Waals surface area contributed by atoms with Gasteiger partial charge in [0.25, 0.3) is 5.91 Å². The lowest BCUT2D eigenvalue weighted by Gasteiger charge is -2.28. The van der Waals surface area contributed by atoms with Crippen molar-refractivity contribution in [3.05, 3.63) is 54.1 Å². The average molecular weight is 374 g/mol. The Kier molecular flexibility index (Phi) is 5.58. The molecule has 0 aromatic heterocycles. The van der Waals surface area contributed by atoms with Crippen LogP contribution in [0.25, 0.3) is 0 Å². The van der Waals surface area contributed by atoms with Crippen LogP contribution in [0, 0.1) is 0 Å². The minimum Gasteiger partial charge on any atom is -0.378 e. The molecule has 0 aliphatic carbocycles. The molecule has 6 nitrogen and oxygen atoms in total. The van der Waals surface area contributed by atoms with Gasteiger partial charge >= 0.3 is 0 Å². The Hall–Kier alpha value is -2.38. The highest BCUT2D eigenvalue weighted by molar-refractivity contribution is 7.91. The highest BCUT2D eigenvalue weighted by Gasteiger charge is 2.13. The molecule has 0 spiro atoms. The van der Waals surface area contributed by atoms with Gasteiger partial charge in [-0.3, -0.25) is 4.79 Å². The third-order valence-corrected chi connectivity index (χ3v) is 6.11. The highest BCUT2D eigenvalue weighted by atomic mass is 32.2. The fraction of sp³-hybridized carbons (Fsp3) is 0.316. The number of carbonyl (C=O) groups excluding carboxylic acids is 1. The van der Waals surface area contributed by atoms with Crippen LogP contribution in [-0.4, -0.2) is 46.4 Å². The predicted molar refractivity (Wildman–Crippen MR) is 102 cm³/mol. The predicted octanol–water partition coefficient (Wildman–Crippen LogP) is 2.57. The molecule has 0 radical (unpaired) electrons. The van der Waals surface area contributed by atoms with Gasteiger partial charge in [-0.2, -0.15) is 0 Å². The lowest BCUT2D eigenvalue weighted by Crippen LogP contribution is -2.36. The Morgan fingerprint density at radius 2 is 1.65 bits per heavy atom. The first-order valence-corrected chi connectivity index (χ1v) is 10.2. The SMILES string of the molecule is CCS(=O)(=O)c1ccc(NC(=O)c2ccc(N3CCOCC3)cc2)cc1. The molecular weight excluding hydrogens is 352 g/mol. The van der Waals surface area contributed by atoms with Crippen molar-refractivity contribution in [3.8, 4) is 0 Å². The minimum absolute atomic E-state index is 0.0498. The van der Waals surface area contributed by atoms with E-state index in [2.05, 4.69) is 10.2 Å². The van der Waals surface area contributed by atoms with Crippen LogP contribution in [-0.2, 0) is 14.6 Å². The molecule has 26 heavy (non-hydrogen) atoms. The van der Waals surface area contributed by atoms with E-state index in [0.717, 1.165) is 18.8 Å². The van der Waals surface area contributed by atoms with E-state index in [9.17, 15) is 13.2 Å². The summed E-state index contributed by atoms with van der Waals surface area (Å²) >= 11 is 0. The Morgan fingerprint density at radius 3 is 2.23 bits per heavy atom. The minimum atomic E-state index is -3.24. The number of amides is 1. The number of rotatable bonds is 5. The molecule has 1 amide bonds. The summed E-state index contributed by atoms with van der Waals surface area (Å²) in [6, 6.07) is 13.7. The lowest BCUT2D eigenvalue weighted by molar-refractivity contribution is 0.102. The summed E-state index contributed by atoms with van der Waals surface area (Å²) in [4.78, 5) is 14.9. The summed E-state index contributed by atoms with van der Waals surface area (Å²) in [7, 11) is -3.24. The Bertz CT molecular complexity index is 855. The second-order valence-corrected chi connectivity index (χ2v) is 8.31. The summed E-state index contributed by atoms with van der Waals surface area (Å²) < 4.78 is 29.0. The van der Waals surface area contributed by atoms with Crippen molar-refractivity contribution >= 4 is 27.1 Å². The number of hydrogen-bond acceptors (Lipinski definition) is 5. The van der Waals surface area contributed by atoms with Crippen molar-refractivity contribution in [1.29, 1.82) is 0 Å². The summed E-state index contributed by atoms with van der Waals surface area (Å²) in [6.45, 7) is 4.72. The molecule has 0 saturated carbocycles. The van der Waals surface area contributed by atoms with Gasteiger partial charge in [0, 0.05) is 30.0 Å². The van der Waals surface area contributed by atoms with Crippen molar-refractivity contribution in [2.45, 2.75) is 11.8 Å². The zero-order chi connectivity index (χ0) is 18.6. The van der Waals surface area contributed by atoms with E-state index in [1.54, 1.807) is 31.2 Å². The van der Waals surface area contributed by atoms with Crippen LogP contribution in [0.2, 0.25) is 0 Å². The third kappa shape index (κ3) is 4.23. The van der Waals surface area contributed by atoms with E-state index < -0.39 is 9.84 Å². The molecule has 0 atom stereocenters. The van der Waals surface area contributed by atoms with E-state index in [1.807, 2.05) is 12.1 Å². The summed E-state index contributed by atoms with van der Waals surface area (Å²) in [5.74, 6) is -0.182. The molecule has 1 fully saturated rings. The van der Waals surface area contributed by atoms with Crippen LogP contribution in [0.4, 0.5) is 11.4 Å². The molecule has 7 heteroatoms. The first-order chi connectivity index (χ1) is 12.5. The van der Waals surface area contributed by atoms with E-state index in [4.69, 9.17) is 4.74 Å². The van der Waals surface area contributed by atoms with Gasteiger partial charge in [0.2, 0.25) is 0 Å². The van der Waals surface area contributed by atoms with Gasteiger partial charge in [0.05, 0.1) is 23.9 Å². The number of nitrogens with zero attached hydrogens (tertiary/aromatic N) is 1. The van der Waals surface area contributed by atoms with Gasteiger partial charge in [-0.05, 0) is 48.5 Å². The molecule has 0 unspecified atom stereocenters. The molecule has 3 rings (SSSR count). The van der Waals surface area contributed by atoms with Crippen LogP contribution in [0.5, 0.6) is 0 Å². The molecule has 1 aliphatic rings. The first-order valence-electron chi connectivity index (χ1n) is 8.56. The Balaban J connectivity index is 1.66. The van der Waals surface area contributed by atoms with Gasteiger partial charge < -0.3 is 15.0 Å². The Labute approximate surface area is 153 Å². The second-order valence-electron chi connectivity index (χ2n) is 6.03. The fourth-order valence-corrected chi connectivity index (χ4v) is 3.64. The zero-order valence-corrected chi connectivity index (χ0v) is 15.5. The molecule has 1 aliphatic heterocycles. The second kappa shape index (κ2) is 7.88. The first kappa shape index (κ1) is 18.4. The smallest absolute Gasteiger partial charge is 0.255 e. The average Bonchev–Trinajstić information content (AvgIpc) is 2.69. The molecule has 1 heterocycles. The topological polar surface area (TPSA) is 75.7 Å². The number of nitrogens with one attached hydrogen (secondary N) is 1. The molecule has 1 saturated heterocycles. The van der Waals surface area contributed by atoms with Crippen molar-refractivity contribution in [2.24, 2.45) is 0 Å². The van der Waals surface area contributed by atoms with Gasteiger partial charge in [-0.15, -0.1) is 0 Å². The van der Waals surface area contributed by atoms with Crippen LogP contribution in [0.15, 0.2) is 53.4 Å².